The van der Waals surface area contributed by atoms with Gasteiger partial charge in [-0.25, -0.2) is 4.79 Å². The van der Waals surface area contributed by atoms with Gasteiger partial charge in [0, 0.05) is 32.1 Å². The molecule has 9 heteroatoms. The molecule has 1 saturated heterocycles. The van der Waals surface area contributed by atoms with Crippen molar-refractivity contribution in [2.45, 2.75) is 51.4 Å². The molecule has 3 rings (SSSR count). The zero-order valence-electron chi connectivity index (χ0n) is 20.1. The topological polar surface area (TPSA) is 88.1 Å². The molecule has 4 bridgehead atoms. The number of halogens is 1. The Morgan fingerprint density at radius 3 is 2.82 bits per heavy atom. The molecule has 0 aliphatic carbocycles. The third kappa shape index (κ3) is 6.93. The number of benzene rings is 1. The lowest BCUT2D eigenvalue weighted by Gasteiger charge is -2.36. The lowest BCUT2D eigenvalue weighted by molar-refractivity contribution is -0.119. The van der Waals surface area contributed by atoms with E-state index in [9.17, 15) is 14.7 Å². The smallest absolute Gasteiger partial charge is 0.409 e. The van der Waals surface area contributed by atoms with Crippen LogP contribution in [0.25, 0.3) is 0 Å². The maximum Gasteiger partial charge on any atom is 0.409 e. The zero-order valence-corrected chi connectivity index (χ0v) is 21.7. The minimum atomic E-state index is -1.34. The maximum atomic E-state index is 13.0. The number of amides is 2. The zero-order chi connectivity index (χ0) is 24.9. The van der Waals surface area contributed by atoms with E-state index in [0.29, 0.717) is 41.5 Å². The van der Waals surface area contributed by atoms with E-state index in [2.05, 4.69) is 5.32 Å². The van der Waals surface area contributed by atoms with Crippen molar-refractivity contribution in [3.8, 4) is 5.75 Å². The van der Waals surface area contributed by atoms with Gasteiger partial charge < -0.3 is 19.5 Å². The van der Waals surface area contributed by atoms with Crippen molar-refractivity contribution in [1.29, 1.82) is 0 Å². The molecule has 2 N–H and O–H groups in total. The Kier molecular flexibility index (Phi) is 8.95. The number of anilines is 1. The molecule has 0 aromatic heterocycles. The summed E-state index contributed by atoms with van der Waals surface area (Å²) in [4.78, 5) is 26.6. The summed E-state index contributed by atoms with van der Waals surface area (Å²) in [5.74, 6) is 1.87. The maximum absolute atomic E-state index is 13.0. The van der Waals surface area contributed by atoms with E-state index in [4.69, 9.17) is 21.1 Å². The average molecular weight is 509 g/mol. The molecule has 1 fully saturated rings. The normalized spacial score (nSPS) is 29.5. The van der Waals surface area contributed by atoms with Gasteiger partial charge in [0.1, 0.15) is 22.6 Å². The molecule has 2 aliphatic rings. The van der Waals surface area contributed by atoms with E-state index in [1.807, 2.05) is 44.2 Å². The van der Waals surface area contributed by atoms with E-state index < -0.39 is 17.9 Å². The van der Waals surface area contributed by atoms with E-state index in [1.165, 1.54) is 0 Å². The van der Waals surface area contributed by atoms with Crippen molar-refractivity contribution in [3.05, 3.63) is 46.5 Å². The Bertz CT molecular complexity index is 982. The molecule has 0 saturated carbocycles. The number of hydrogen-bond acceptors (Lipinski definition) is 6. The summed E-state index contributed by atoms with van der Waals surface area (Å²) in [5.41, 5.74) is 1.32. The van der Waals surface area contributed by atoms with Crippen molar-refractivity contribution in [1.82, 2.24) is 5.32 Å². The minimum Gasteiger partial charge on any atom is -0.495 e. The SMILES string of the molecule is COc1cc2cc(c1Cl)N(C)C(=O)CC(C)CSCC1C[C@](O)(C/C=C/C=C(\C)C2)NC(=O)O1. The van der Waals surface area contributed by atoms with Crippen molar-refractivity contribution < 1.29 is 24.2 Å². The summed E-state index contributed by atoms with van der Waals surface area (Å²) in [6.07, 6.45) is 6.25. The molecule has 0 spiro atoms. The second-order valence-electron chi connectivity index (χ2n) is 9.14. The summed E-state index contributed by atoms with van der Waals surface area (Å²) in [6.45, 7) is 4.02. The molecule has 7 nitrogen and oxygen atoms in total. The Balaban J connectivity index is 1.91. The predicted molar refractivity (Wildman–Crippen MR) is 137 cm³/mol. The molecule has 1 aromatic rings. The highest BCUT2D eigenvalue weighted by molar-refractivity contribution is 7.99. The second kappa shape index (κ2) is 11.5. The highest BCUT2D eigenvalue weighted by Gasteiger charge is 2.38. The van der Waals surface area contributed by atoms with Crippen molar-refractivity contribution >= 4 is 41.1 Å². The lowest BCUT2D eigenvalue weighted by Crippen LogP contribution is -2.56. The number of ether oxygens (including phenoxy) is 2. The van der Waals surface area contributed by atoms with Gasteiger partial charge in [-0.1, -0.05) is 42.3 Å². The Morgan fingerprint density at radius 2 is 2.09 bits per heavy atom. The monoisotopic (exact) mass is 508 g/mol. The number of rotatable bonds is 1. The summed E-state index contributed by atoms with van der Waals surface area (Å²) in [6, 6.07) is 3.81. The summed E-state index contributed by atoms with van der Waals surface area (Å²) in [7, 11) is 3.29. The molecule has 3 atom stereocenters. The second-order valence-corrected chi connectivity index (χ2v) is 10.6. The average Bonchev–Trinajstić information content (AvgIpc) is 2.76. The van der Waals surface area contributed by atoms with E-state index >= 15 is 0 Å². The number of methoxy groups -OCH3 is 1. The molecular weight excluding hydrogens is 476 g/mol. The fraction of sp³-hybridized carbons (Fsp3) is 0.520. The summed E-state index contributed by atoms with van der Waals surface area (Å²) < 4.78 is 10.8. The number of nitrogens with zero attached hydrogens (tertiary/aromatic N) is 1. The van der Waals surface area contributed by atoms with Crippen LogP contribution in [0.2, 0.25) is 5.02 Å². The van der Waals surface area contributed by atoms with Crippen molar-refractivity contribution in [3.63, 3.8) is 0 Å². The number of nitrogens with one attached hydrogen (secondary N) is 1. The molecular formula is C25H33ClN2O5S. The minimum absolute atomic E-state index is 0.0370. The Labute approximate surface area is 210 Å². The Hall–Kier alpha value is -2.16. The van der Waals surface area contributed by atoms with Gasteiger partial charge in [-0.05, 0) is 42.7 Å². The van der Waals surface area contributed by atoms with Crippen LogP contribution >= 0.6 is 23.4 Å². The molecule has 0 radical (unpaired) electrons. The first-order valence-corrected chi connectivity index (χ1v) is 12.9. The quantitative estimate of drug-likeness (QED) is 0.571. The van der Waals surface area contributed by atoms with Crippen molar-refractivity contribution in [2.75, 3.05) is 30.6 Å². The van der Waals surface area contributed by atoms with E-state index in [1.54, 1.807) is 30.8 Å². The molecule has 186 valence electrons. The number of carbonyl (C=O) groups excluding carboxylic acids is 2. The predicted octanol–water partition coefficient (Wildman–Crippen LogP) is 4.71. The molecule has 34 heavy (non-hydrogen) atoms. The van der Waals surface area contributed by atoms with Gasteiger partial charge >= 0.3 is 6.09 Å². The van der Waals surface area contributed by atoms with Gasteiger partial charge in [0.05, 0.1) is 12.8 Å². The van der Waals surface area contributed by atoms with Gasteiger partial charge in [-0.2, -0.15) is 11.8 Å². The molecule has 1 aromatic carbocycles. The number of thioether (sulfide) groups is 1. The lowest BCUT2D eigenvalue weighted by atomic mass is 10.00. The van der Waals surface area contributed by atoms with Gasteiger partial charge in [0.15, 0.2) is 0 Å². The molecule has 2 amide bonds. The Morgan fingerprint density at radius 1 is 1.32 bits per heavy atom. The summed E-state index contributed by atoms with van der Waals surface area (Å²) >= 11 is 8.17. The van der Waals surface area contributed by atoms with Crippen LogP contribution in [0.15, 0.2) is 35.9 Å². The van der Waals surface area contributed by atoms with Crippen LogP contribution in [-0.2, 0) is 16.0 Å². The molecule has 2 unspecified atom stereocenters. The van der Waals surface area contributed by atoms with Gasteiger partial charge in [-0.15, -0.1) is 0 Å². The first-order chi connectivity index (χ1) is 16.1. The third-order valence-corrected chi connectivity index (χ3v) is 7.69. The van der Waals surface area contributed by atoms with Crippen molar-refractivity contribution in [2.24, 2.45) is 5.92 Å². The first-order valence-electron chi connectivity index (χ1n) is 11.3. The van der Waals surface area contributed by atoms with E-state index in [-0.39, 0.29) is 18.2 Å². The summed E-state index contributed by atoms with van der Waals surface area (Å²) in [5, 5.41) is 13.8. The highest BCUT2D eigenvalue weighted by atomic mass is 35.5. The molecule has 2 heterocycles. The number of fused-ring (bicyclic) bond motifs is 4. The fourth-order valence-electron chi connectivity index (χ4n) is 4.11. The largest absolute Gasteiger partial charge is 0.495 e. The number of alkyl carbamates (subject to hydrolysis) is 1. The number of aliphatic hydroxyl groups is 1. The number of carbonyl (C=O) groups is 2. The van der Waals surface area contributed by atoms with Crippen LogP contribution in [0.1, 0.15) is 38.7 Å². The van der Waals surface area contributed by atoms with Gasteiger partial charge in [0.25, 0.3) is 0 Å². The standard InChI is InChI=1S/C25H33ClN2O5S/c1-16-7-5-6-8-25(31)13-19(33-24(30)27-25)15-34-14-17(2)10-22(29)28(3)20-11-18(9-16)12-21(32-4)23(20)26/h5-7,11-12,17,19,31H,8-10,13-15H2,1-4H3,(H,27,30)/b6-5+,16-7+/t17?,19?,25-/m1/s1. The van der Waals surface area contributed by atoms with Crippen LogP contribution in [0.3, 0.4) is 0 Å². The van der Waals surface area contributed by atoms with Crippen LogP contribution in [0.4, 0.5) is 10.5 Å². The van der Waals surface area contributed by atoms with Crippen LogP contribution in [-0.4, -0.2) is 54.6 Å². The fourth-order valence-corrected chi connectivity index (χ4v) is 5.52. The van der Waals surface area contributed by atoms with Crippen LogP contribution < -0.4 is 15.0 Å². The van der Waals surface area contributed by atoms with E-state index in [0.717, 1.165) is 16.9 Å². The molecule has 2 aliphatic heterocycles. The number of hydrogen-bond donors (Lipinski definition) is 2. The van der Waals surface area contributed by atoms with Crippen LogP contribution in [0, 0.1) is 5.92 Å². The van der Waals surface area contributed by atoms with Crippen LogP contribution in [0.5, 0.6) is 5.75 Å². The third-order valence-electron chi connectivity index (χ3n) is 5.89. The van der Waals surface area contributed by atoms with Gasteiger partial charge in [0.2, 0.25) is 5.91 Å². The first kappa shape index (κ1) is 26.4. The van der Waals surface area contributed by atoms with Gasteiger partial charge in [-0.3, -0.25) is 10.1 Å². The number of allylic oxidation sites excluding steroid dienone is 3. The highest BCUT2D eigenvalue weighted by Crippen LogP contribution is 2.37.